The maximum absolute atomic E-state index is 11.7. The number of nitrogens with one attached hydrogen (secondary N) is 1. The predicted molar refractivity (Wildman–Crippen MR) is 80.3 cm³/mol. The molecule has 0 aliphatic carbocycles. The number of hydrogen-bond acceptors (Lipinski definition) is 5. The number of carboxylic acid groups (broad SMARTS) is 1. The minimum atomic E-state index is -1.18. The second-order valence-corrected chi connectivity index (χ2v) is 5.51. The lowest BCUT2D eigenvalue weighted by Crippen LogP contribution is -2.22. The molecule has 0 aliphatic heterocycles. The molecule has 9 heteroatoms. The normalized spacial score (nSPS) is 10.0. The quantitative estimate of drug-likeness (QED) is 0.677. The molecule has 0 spiro atoms. The van der Waals surface area contributed by atoms with Gasteiger partial charge in [-0.2, -0.15) is 0 Å². The van der Waals surface area contributed by atoms with Crippen molar-refractivity contribution in [1.29, 1.82) is 0 Å². The van der Waals surface area contributed by atoms with Gasteiger partial charge < -0.3 is 19.9 Å². The van der Waals surface area contributed by atoms with Gasteiger partial charge in [0.1, 0.15) is 13.2 Å². The van der Waals surface area contributed by atoms with Crippen LogP contribution in [0.2, 0.25) is 0 Å². The van der Waals surface area contributed by atoms with Gasteiger partial charge in [0.15, 0.2) is 0 Å². The van der Waals surface area contributed by atoms with Crippen molar-refractivity contribution in [1.82, 2.24) is 0 Å². The number of methoxy groups -OCH3 is 1. The lowest BCUT2D eigenvalue weighted by molar-refractivity contribution is -0.143. The molecular weight excluding hydrogens is 414 g/mol. The standard InChI is InChI=1S/C12H11Br2NO6/c1-20-12(19)7-2-6(13)3-8(14)11(7)15-9(16)4-21-5-10(17)18/h2-3H,4-5H2,1H3,(H,15,16)(H,17,18). The highest BCUT2D eigenvalue weighted by molar-refractivity contribution is 9.11. The molecule has 0 aromatic heterocycles. The van der Waals surface area contributed by atoms with E-state index in [9.17, 15) is 14.4 Å². The third kappa shape index (κ3) is 5.44. The van der Waals surface area contributed by atoms with Gasteiger partial charge in [0.05, 0.1) is 18.4 Å². The monoisotopic (exact) mass is 423 g/mol. The van der Waals surface area contributed by atoms with Gasteiger partial charge in [0.2, 0.25) is 5.91 Å². The van der Waals surface area contributed by atoms with Crippen LogP contribution in [0.5, 0.6) is 0 Å². The van der Waals surface area contributed by atoms with E-state index in [0.717, 1.165) is 0 Å². The summed E-state index contributed by atoms with van der Waals surface area (Å²) in [4.78, 5) is 33.7. The Morgan fingerprint density at radius 1 is 1.24 bits per heavy atom. The zero-order chi connectivity index (χ0) is 16.0. The first-order valence-electron chi connectivity index (χ1n) is 5.52. The predicted octanol–water partition coefficient (Wildman–Crippen LogP) is 2.04. The number of carboxylic acids is 1. The molecule has 114 valence electrons. The summed E-state index contributed by atoms with van der Waals surface area (Å²) in [5.74, 6) is -2.40. The Bertz CT molecular complexity index is 575. The van der Waals surface area contributed by atoms with Crippen LogP contribution in [-0.4, -0.2) is 43.3 Å². The van der Waals surface area contributed by atoms with Crippen LogP contribution in [0, 0.1) is 0 Å². The van der Waals surface area contributed by atoms with Crippen LogP contribution in [0.25, 0.3) is 0 Å². The van der Waals surface area contributed by atoms with E-state index in [1.807, 2.05) is 0 Å². The Morgan fingerprint density at radius 2 is 1.90 bits per heavy atom. The molecule has 0 aliphatic rings. The number of ether oxygens (including phenoxy) is 2. The van der Waals surface area contributed by atoms with Gasteiger partial charge >= 0.3 is 11.9 Å². The SMILES string of the molecule is COC(=O)c1cc(Br)cc(Br)c1NC(=O)COCC(=O)O. The average molecular weight is 425 g/mol. The van der Waals surface area contributed by atoms with Gasteiger partial charge in [0, 0.05) is 8.95 Å². The molecule has 0 atom stereocenters. The largest absolute Gasteiger partial charge is 0.480 e. The van der Waals surface area contributed by atoms with Crippen molar-refractivity contribution in [3.8, 4) is 0 Å². The molecule has 0 saturated heterocycles. The van der Waals surface area contributed by atoms with Crippen molar-refractivity contribution >= 4 is 55.4 Å². The Kier molecular flexibility index (Phi) is 6.79. The molecule has 2 N–H and O–H groups in total. The van der Waals surface area contributed by atoms with E-state index in [1.165, 1.54) is 13.2 Å². The second-order valence-electron chi connectivity index (χ2n) is 3.74. The van der Waals surface area contributed by atoms with E-state index >= 15 is 0 Å². The van der Waals surface area contributed by atoms with Gasteiger partial charge in [0.25, 0.3) is 0 Å². The summed E-state index contributed by atoms with van der Waals surface area (Å²) in [6.45, 7) is -1.03. The smallest absolute Gasteiger partial charge is 0.340 e. The van der Waals surface area contributed by atoms with Crippen molar-refractivity contribution in [2.75, 3.05) is 25.6 Å². The summed E-state index contributed by atoms with van der Waals surface area (Å²) in [5.41, 5.74) is 0.360. The molecule has 0 radical (unpaired) electrons. The Hall–Kier alpha value is -1.45. The van der Waals surface area contributed by atoms with Crippen LogP contribution in [0.3, 0.4) is 0 Å². The molecule has 0 unspecified atom stereocenters. The highest BCUT2D eigenvalue weighted by Gasteiger charge is 2.18. The molecule has 1 rings (SSSR count). The van der Waals surface area contributed by atoms with Crippen molar-refractivity contribution in [3.05, 3.63) is 26.6 Å². The van der Waals surface area contributed by atoms with E-state index in [0.29, 0.717) is 8.95 Å². The van der Waals surface area contributed by atoms with Gasteiger partial charge in [-0.05, 0) is 28.1 Å². The first-order valence-corrected chi connectivity index (χ1v) is 7.10. The number of halogens is 2. The van der Waals surface area contributed by atoms with E-state index in [1.54, 1.807) is 6.07 Å². The van der Waals surface area contributed by atoms with Crippen molar-refractivity contribution in [3.63, 3.8) is 0 Å². The topological polar surface area (TPSA) is 102 Å². The van der Waals surface area contributed by atoms with E-state index < -0.39 is 31.1 Å². The molecule has 0 bridgehead atoms. The van der Waals surface area contributed by atoms with Crippen LogP contribution < -0.4 is 5.32 Å². The van der Waals surface area contributed by atoms with E-state index in [2.05, 4.69) is 46.7 Å². The number of benzene rings is 1. The minimum Gasteiger partial charge on any atom is -0.480 e. The summed E-state index contributed by atoms with van der Waals surface area (Å²) in [6, 6.07) is 3.13. The van der Waals surface area contributed by atoms with Gasteiger partial charge in [-0.1, -0.05) is 15.9 Å². The third-order valence-corrected chi connectivity index (χ3v) is 3.27. The first-order chi connectivity index (χ1) is 9.85. The van der Waals surface area contributed by atoms with Crippen LogP contribution in [0.1, 0.15) is 10.4 Å². The van der Waals surface area contributed by atoms with Crippen molar-refractivity contribution in [2.45, 2.75) is 0 Å². The Labute approximate surface area is 136 Å². The summed E-state index contributed by atoms with van der Waals surface area (Å²) >= 11 is 6.46. The third-order valence-electron chi connectivity index (χ3n) is 2.18. The minimum absolute atomic E-state index is 0.144. The number of anilines is 1. The molecular formula is C12H11Br2NO6. The van der Waals surface area contributed by atoms with Crippen LogP contribution in [0.4, 0.5) is 5.69 Å². The summed E-state index contributed by atoms with van der Waals surface area (Å²) in [7, 11) is 1.22. The summed E-state index contributed by atoms with van der Waals surface area (Å²) in [6.07, 6.45) is 0. The fourth-order valence-corrected chi connectivity index (χ4v) is 2.70. The lowest BCUT2D eigenvalue weighted by Gasteiger charge is -2.12. The average Bonchev–Trinajstić information content (AvgIpc) is 2.40. The number of hydrogen-bond donors (Lipinski definition) is 2. The van der Waals surface area contributed by atoms with Crippen molar-refractivity contribution < 1.29 is 29.0 Å². The molecule has 1 aromatic carbocycles. The maximum atomic E-state index is 11.7. The highest BCUT2D eigenvalue weighted by Crippen LogP contribution is 2.31. The van der Waals surface area contributed by atoms with Crippen LogP contribution >= 0.6 is 31.9 Å². The fraction of sp³-hybridized carbons (Fsp3) is 0.250. The Balaban J connectivity index is 2.89. The number of carbonyl (C=O) groups is 3. The number of rotatable bonds is 6. The van der Waals surface area contributed by atoms with E-state index in [4.69, 9.17) is 5.11 Å². The summed E-state index contributed by atoms with van der Waals surface area (Å²) < 4.78 is 10.4. The van der Waals surface area contributed by atoms with Crippen LogP contribution in [0.15, 0.2) is 21.1 Å². The fourth-order valence-electron chi connectivity index (χ4n) is 1.38. The maximum Gasteiger partial charge on any atom is 0.340 e. The van der Waals surface area contributed by atoms with Gasteiger partial charge in [-0.3, -0.25) is 4.79 Å². The van der Waals surface area contributed by atoms with Crippen LogP contribution in [-0.2, 0) is 19.1 Å². The number of aliphatic carboxylic acids is 1. The number of amides is 1. The lowest BCUT2D eigenvalue weighted by atomic mass is 10.2. The number of carbonyl (C=O) groups excluding carboxylic acids is 2. The highest BCUT2D eigenvalue weighted by atomic mass is 79.9. The second kappa shape index (κ2) is 8.11. The number of esters is 1. The summed E-state index contributed by atoms with van der Waals surface area (Å²) in [5, 5.41) is 10.9. The molecule has 0 fully saturated rings. The van der Waals surface area contributed by atoms with Crippen molar-refractivity contribution in [2.24, 2.45) is 0 Å². The molecule has 0 heterocycles. The molecule has 1 amide bonds. The van der Waals surface area contributed by atoms with Gasteiger partial charge in [-0.25, -0.2) is 9.59 Å². The Morgan fingerprint density at radius 3 is 2.48 bits per heavy atom. The van der Waals surface area contributed by atoms with E-state index in [-0.39, 0.29) is 11.3 Å². The molecule has 7 nitrogen and oxygen atoms in total. The zero-order valence-electron chi connectivity index (χ0n) is 10.8. The molecule has 1 aromatic rings. The molecule has 0 saturated carbocycles. The first kappa shape index (κ1) is 17.6. The molecule has 21 heavy (non-hydrogen) atoms. The zero-order valence-corrected chi connectivity index (χ0v) is 14.0. The van der Waals surface area contributed by atoms with Gasteiger partial charge in [-0.15, -0.1) is 0 Å².